The van der Waals surface area contributed by atoms with Gasteiger partial charge < -0.3 is 15.1 Å². The summed E-state index contributed by atoms with van der Waals surface area (Å²) in [6, 6.07) is 0. The minimum absolute atomic E-state index is 0.109. The van der Waals surface area contributed by atoms with Crippen LogP contribution in [0.2, 0.25) is 0 Å². The molecule has 2 N–H and O–H groups in total. The number of likely N-dealkylation sites (tertiary alicyclic amines) is 2. The third kappa shape index (κ3) is 1.89. The van der Waals surface area contributed by atoms with Crippen LogP contribution in [0, 0.1) is 0 Å². The van der Waals surface area contributed by atoms with E-state index in [0.29, 0.717) is 19.6 Å². The van der Waals surface area contributed by atoms with Gasteiger partial charge in [-0.3, -0.25) is 9.69 Å². The normalized spacial score (nSPS) is 33.1. The first-order valence-corrected chi connectivity index (χ1v) is 5.03. The molecule has 2 aliphatic rings. The SMILES string of the molecule is O=C(CN1C[C@@H](O)[C@@H](O)C1)N1CCC1. The predicted octanol–water partition coefficient (Wildman–Crippen LogP) is -1.74. The van der Waals surface area contributed by atoms with E-state index in [0.717, 1.165) is 19.5 Å². The van der Waals surface area contributed by atoms with E-state index in [1.165, 1.54) is 0 Å². The highest BCUT2D eigenvalue weighted by molar-refractivity contribution is 5.79. The van der Waals surface area contributed by atoms with Crippen molar-refractivity contribution >= 4 is 5.91 Å². The van der Waals surface area contributed by atoms with Crippen LogP contribution in [0.5, 0.6) is 0 Å². The van der Waals surface area contributed by atoms with E-state index in [1.54, 1.807) is 9.80 Å². The summed E-state index contributed by atoms with van der Waals surface area (Å²) >= 11 is 0. The first-order valence-electron chi connectivity index (χ1n) is 5.03. The monoisotopic (exact) mass is 200 g/mol. The van der Waals surface area contributed by atoms with E-state index in [4.69, 9.17) is 0 Å². The first kappa shape index (κ1) is 9.89. The molecule has 0 aromatic heterocycles. The fourth-order valence-corrected chi connectivity index (χ4v) is 1.83. The van der Waals surface area contributed by atoms with E-state index >= 15 is 0 Å². The Morgan fingerprint density at radius 1 is 1.21 bits per heavy atom. The predicted molar refractivity (Wildman–Crippen MR) is 49.7 cm³/mol. The van der Waals surface area contributed by atoms with Crippen LogP contribution in [0.25, 0.3) is 0 Å². The third-order valence-electron chi connectivity index (χ3n) is 2.90. The van der Waals surface area contributed by atoms with Gasteiger partial charge in [0, 0.05) is 26.2 Å². The minimum Gasteiger partial charge on any atom is -0.389 e. The molecule has 1 amide bonds. The van der Waals surface area contributed by atoms with Crippen LogP contribution in [0.15, 0.2) is 0 Å². The first-order chi connectivity index (χ1) is 6.66. The highest BCUT2D eigenvalue weighted by Gasteiger charge is 2.32. The molecular formula is C9H16N2O3. The lowest BCUT2D eigenvalue weighted by atomic mass is 10.2. The number of carbonyl (C=O) groups excluding carboxylic acids is 1. The fraction of sp³-hybridized carbons (Fsp3) is 0.889. The molecule has 2 aliphatic heterocycles. The van der Waals surface area contributed by atoms with Gasteiger partial charge in [-0.05, 0) is 6.42 Å². The Hall–Kier alpha value is -0.650. The van der Waals surface area contributed by atoms with Crippen molar-refractivity contribution in [3.8, 4) is 0 Å². The van der Waals surface area contributed by atoms with Crippen LogP contribution >= 0.6 is 0 Å². The Morgan fingerprint density at radius 2 is 1.79 bits per heavy atom. The van der Waals surface area contributed by atoms with Crippen molar-refractivity contribution in [1.82, 2.24) is 9.80 Å². The average molecular weight is 200 g/mol. The van der Waals surface area contributed by atoms with Gasteiger partial charge in [-0.2, -0.15) is 0 Å². The largest absolute Gasteiger partial charge is 0.389 e. The summed E-state index contributed by atoms with van der Waals surface area (Å²) in [6.07, 6.45) is -0.296. The van der Waals surface area contributed by atoms with Crippen molar-refractivity contribution in [2.45, 2.75) is 18.6 Å². The second-order valence-corrected chi connectivity index (χ2v) is 4.06. The summed E-state index contributed by atoms with van der Waals surface area (Å²) in [5.41, 5.74) is 0. The lowest BCUT2D eigenvalue weighted by molar-refractivity contribution is -0.135. The molecule has 5 heteroatoms. The number of aliphatic hydroxyl groups is 2. The van der Waals surface area contributed by atoms with E-state index in [2.05, 4.69) is 0 Å². The van der Waals surface area contributed by atoms with Crippen LogP contribution in [0.4, 0.5) is 0 Å². The van der Waals surface area contributed by atoms with E-state index < -0.39 is 12.2 Å². The number of nitrogens with zero attached hydrogens (tertiary/aromatic N) is 2. The highest BCUT2D eigenvalue weighted by Crippen LogP contribution is 2.12. The molecular weight excluding hydrogens is 184 g/mol. The molecule has 0 aromatic carbocycles. The molecule has 0 aromatic rings. The van der Waals surface area contributed by atoms with Gasteiger partial charge in [0.2, 0.25) is 5.91 Å². The summed E-state index contributed by atoms with van der Waals surface area (Å²) in [5.74, 6) is 0.109. The van der Waals surface area contributed by atoms with Gasteiger partial charge >= 0.3 is 0 Å². The summed E-state index contributed by atoms with van der Waals surface area (Å²) in [4.78, 5) is 15.1. The van der Waals surface area contributed by atoms with Gasteiger partial charge in [-0.25, -0.2) is 0 Å². The summed E-state index contributed by atoms with van der Waals surface area (Å²) in [7, 11) is 0. The summed E-state index contributed by atoms with van der Waals surface area (Å²) in [5, 5.41) is 18.5. The number of carbonyl (C=O) groups is 1. The number of hydrogen-bond acceptors (Lipinski definition) is 4. The number of hydrogen-bond donors (Lipinski definition) is 2. The molecule has 0 unspecified atom stereocenters. The van der Waals surface area contributed by atoms with Crippen LogP contribution in [0.1, 0.15) is 6.42 Å². The average Bonchev–Trinajstić information content (AvgIpc) is 2.26. The Bertz CT molecular complexity index is 220. The molecule has 5 nitrogen and oxygen atoms in total. The topological polar surface area (TPSA) is 64.0 Å². The maximum Gasteiger partial charge on any atom is 0.236 e. The van der Waals surface area contributed by atoms with Crippen molar-refractivity contribution in [1.29, 1.82) is 0 Å². The van der Waals surface area contributed by atoms with Crippen molar-refractivity contribution in [3.63, 3.8) is 0 Å². The van der Waals surface area contributed by atoms with Crippen molar-refractivity contribution in [2.24, 2.45) is 0 Å². The maximum absolute atomic E-state index is 11.5. The van der Waals surface area contributed by atoms with Gasteiger partial charge in [0.1, 0.15) is 0 Å². The Kier molecular flexibility index (Phi) is 2.71. The van der Waals surface area contributed by atoms with Gasteiger partial charge in [0.15, 0.2) is 0 Å². The molecule has 0 spiro atoms. The van der Waals surface area contributed by atoms with E-state index in [1.807, 2.05) is 0 Å². The van der Waals surface area contributed by atoms with Gasteiger partial charge in [-0.15, -0.1) is 0 Å². The molecule has 2 fully saturated rings. The molecule has 2 heterocycles. The molecule has 2 rings (SSSR count). The highest BCUT2D eigenvalue weighted by atomic mass is 16.3. The lowest BCUT2D eigenvalue weighted by Crippen LogP contribution is -2.47. The molecule has 0 saturated carbocycles. The third-order valence-corrected chi connectivity index (χ3v) is 2.90. The zero-order valence-corrected chi connectivity index (χ0v) is 8.09. The zero-order valence-electron chi connectivity index (χ0n) is 8.09. The van der Waals surface area contributed by atoms with Gasteiger partial charge in [0.25, 0.3) is 0 Å². The number of aliphatic hydroxyl groups excluding tert-OH is 2. The maximum atomic E-state index is 11.5. The molecule has 2 saturated heterocycles. The van der Waals surface area contributed by atoms with Crippen LogP contribution < -0.4 is 0 Å². The molecule has 14 heavy (non-hydrogen) atoms. The second-order valence-electron chi connectivity index (χ2n) is 4.06. The van der Waals surface area contributed by atoms with Gasteiger partial charge in [0.05, 0.1) is 18.8 Å². The second kappa shape index (κ2) is 3.84. The lowest BCUT2D eigenvalue weighted by Gasteiger charge is -2.32. The molecule has 0 bridgehead atoms. The Balaban J connectivity index is 1.77. The molecule has 2 atom stereocenters. The summed E-state index contributed by atoms with van der Waals surface area (Å²) < 4.78 is 0. The van der Waals surface area contributed by atoms with Crippen LogP contribution in [-0.2, 0) is 4.79 Å². The summed E-state index contributed by atoms with van der Waals surface area (Å²) in [6.45, 7) is 2.85. The number of amides is 1. The molecule has 0 aliphatic carbocycles. The fourth-order valence-electron chi connectivity index (χ4n) is 1.83. The smallest absolute Gasteiger partial charge is 0.236 e. The zero-order chi connectivity index (χ0) is 10.1. The van der Waals surface area contributed by atoms with Crippen molar-refractivity contribution in [3.05, 3.63) is 0 Å². The number of β-amino-alcohol motifs (C(OH)–C–C–N with tert-alkyl or cyclic N) is 2. The number of rotatable bonds is 2. The molecule has 0 radical (unpaired) electrons. The van der Waals surface area contributed by atoms with Crippen molar-refractivity contribution in [2.75, 3.05) is 32.7 Å². The Morgan fingerprint density at radius 3 is 2.21 bits per heavy atom. The quantitative estimate of drug-likeness (QED) is 0.555. The minimum atomic E-state index is -0.695. The Labute approximate surface area is 82.9 Å². The van der Waals surface area contributed by atoms with Gasteiger partial charge in [-0.1, -0.05) is 0 Å². The van der Waals surface area contributed by atoms with Crippen molar-refractivity contribution < 1.29 is 15.0 Å². The van der Waals surface area contributed by atoms with Crippen LogP contribution in [-0.4, -0.2) is 70.9 Å². The molecule has 80 valence electrons. The van der Waals surface area contributed by atoms with E-state index in [-0.39, 0.29) is 5.91 Å². The van der Waals surface area contributed by atoms with E-state index in [9.17, 15) is 15.0 Å². The van der Waals surface area contributed by atoms with Crippen LogP contribution in [0.3, 0.4) is 0 Å². The standard InChI is InChI=1S/C9H16N2O3/c12-7-4-10(5-8(7)13)6-9(14)11-2-1-3-11/h7-8,12-13H,1-6H2/t7-,8+.